The van der Waals surface area contributed by atoms with E-state index in [0.717, 1.165) is 18.9 Å². The number of amides is 1. The highest BCUT2D eigenvalue weighted by Crippen LogP contribution is 2.28. The predicted octanol–water partition coefficient (Wildman–Crippen LogP) is 3.61. The Balaban J connectivity index is 1.82. The normalized spacial score (nSPS) is 11.5. The number of nitro groups is 1. The van der Waals surface area contributed by atoms with Gasteiger partial charge < -0.3 is 10.1 Å². The third-order valence-corrected chi connectivity index (χ3v) is 4.85. The second kappa shape index (κ2) is 10.5. The Morgan fingerprint density at radius 2 is 1.93 bits per heavy atom. The van der Waals surface area contributed by atoms with Crippen molar-refractivity contribution in [1.29, 1.82) is 0 Å². The Morgan fingerprint density at radius 3 is 2.57 bits per heavy atom. The van der Waals surface area contributed by atoms with Crippen LogP contribution in [0, 0.1) is 10.1 Å². The van der Waals surface area contributed by atoms with E-state index in [9.17, 15) is 19.7 Å². The van der Waals surface area contributed by atoms with Crippen LogP contribution in [0.5, 0.6) is 0 Å². The molecule has 0 bridgehead atoms. The number of nitrogens with one attached hydrogen (secondary N) is 1. The van der Waals surface area contributed by atoms with Crippen molar-refractivity contribution in [1.82, 2.24) is 5.32 Å². The molecule has 1 amide bonds. The fourth-order valence-electron chi connectivity index (χ4n) is 2.59. The van der Waals surface area contributed by atoms with E-state index < -0.39 is 23.4 Å². The smallest absolute Gasteiger partial charge is 0.338 e. The van der Waals surface area contributed by atoms with Crippen molar-refractivity contribution < 1.29 is 19.2 Å². The lowest BCUT2D eigenvalue weighted by Gasteiger charge is -2.14. The first-order valence-corrected chi connectivity index (χ1v) is 9.96. The van der Waals surface area contributed by atoms with Crippen LogP contribution in [-0.2, 0) is 16.0 Å². The lowest BCUT2D eigenvalue weighted by atomic mass is 10.1. The van der Waals surface area contributed by atoms with Gasteiger partial charge in [-0.25, -0.2) is 4.79 Å². The highest BCUT2D eigenvalue weighted by Gasteiger charge is 2.19. The number of rotatable bonds is 9. The first-order valence-electron chi connectivity index (χ1n) is 8.73. The average Bonchev–Trinajstić information content (AvgIpc) is 2.70. The van der Waals surface area contributed by atoms with E-state index in [1.807, 2.05) is 37.3 Å². The number of nitrogens with zero attached hydrogens (tertiary/aromatic N) is 1. The summed E-state index contributed by atoms with van der Waals surface area (Å²) >= 11 is 1.21. The molecule has 0 aliphatic heterocycles. The zero-order valence-electron chi connectivity index (χ0n) is 15.7. The molecule has 1 N–H and O–H groups in total. The van der Waals surface area contributed by atoms with Gasteiger partial charge in [-0.3, -0.25) is 14.9 Å². The minimum Gasteiger partial charge on any atom is -0.452 e. The molecule has 0 unspecified atom stereocenters. The van der Waals surface area contributed by atoms with E-state index in [-0.39, 0.29) is 17.3 Å². The second-order valence-electron chi connectivity index (χ2n) is 6.21. The first kappa shape index (κ1) is 21.4. The highest BCUT2D eigenvalue weighted by atomic mass is 32.2. The van der Waals surface area contributed by atoms with Gasteiger partial charge in [0, 0.05) is 12.1 Å². The number of thioether (sulfide) groups is 1. The third-order valence-electron chi connectivity index (χ3n) is 4.06. The maximum atomic E-state index is 12.1. The summed E-state index contributed by atoms with van der Waals surface area (Å²) in [6, 6.07) is 14.0. The van der Waals surface area contributed by atoms with Crippen LogP contribution in [0.4, 0.5) is 5.69 Å². The van der Waals surface area contributed by atoms with Crippen molar-refractivity contribution >= 4 is 29.3 Å². The van der Waals surface area contributed by atoms with Crippen LogP contribution in [0.3, 0.4) is 0 Å². The molecule has 0 radical (unpaired) electrons. The fourth-order valence-corrected chi connectivity index (χ4v) is 3.14. The number of benzene rings is 2. The van der Waals surface area contributed by atoms with Gasteiger partial charge in [-0.1, -0.05) is 30.3 Å². The van der Waals surface area contributed by atoms with Gasteiger partial charge >= 0.3 is 5.97 Å². The average molecular weight is 402 g/mol. The standard InChI is InChI=1S/C20H22N2O5S/c1-14(8-9-15-6-4-3-5-7-15)21-19(23)13-27-20(24)16-10-11-18(28-2)17(12-16)22(25)26/h3-7,10-12,14H,8-9,13H2,1-2H3,(H,21,23)/t14-/m1/s1. The number of aryl methyl sites for hydroxylation is 1. The predicted molar refractivity (Wildman–Crippen MR) is 108 cm³/mol. The van der Waals surface area contributed by atoms with Gasteiger partial charge in [-0.05, 0) is 43.7 Å². The Labute approximate surface area is 167 Å². The van der Waals surface area contributed by atoms with Crippen molar-refractivity contribution in [2.45, 2.75) is 30.7 Å². The molecule has 0 saturated carbocycles. The molecule has 0 heterocycles. The number of esters is 1. The lowest BCUT2D eigenvalue weighted by Crippen LogP contribution is -2.36. The van der Waals surface area contributed by atoms with Gasteiger partial charge in [0.1, 0.15) is 0 Å². The van der Waals surface area contributed by atoms with Crippen LogP contribution < -0.4 is 5.32 Å². The molecule has 0 aliphatic rings. The molecule has 0 aromatic heterocycles. The Bertz CT molecular complexity index is 842. The van der Waals surface area contributed by atoms with Gasteiger partial charge in [-0.15, -0.1) is 11.8 Å². The number of carbonyl (C=O) groups excluding carboxylic acids is 2. The molecule has 2 aromatic carbocycles. The molecule has 0 saturated heterocycles. The van der Waals surface area contributed by atoms with Gasteiger partial charge in [0.25, 0.3) is 11.6 Å². The summed E-state index contributed by atoms with van der Waals surface area (Å²) in [5, 5.41) is 13.9. The van der Waals surface area contributed by atoms with Crippen LogP contribution in [0.15, 0.2) is 53.4 Å². The van der Waals surface area contributed by atoms with Crippen LogP contribution >= 0.6 is 11.8 Å². The topological polar surface area (TPSA) is 98.5 Å². The molecule has 28 heavy (non-hydrogen) atoms. The van der Waals surface area contributed by atoms with Crippen molar-refractivity contribution in [3.63, 3.8) is 0 Å². The van der Waals surface area contributed by atoms with Crippen molar-refractivity contribution in [2.24, 2.45) is 0 Å². The zero-order chi connectivity index (χ0) is 20.5. The number of hydrogen-bond donors (Lipinski definition) is 1. The quantitative estimate of drug-likeness (QED) is 0.298. The molecule has 0 spiro atoms. The third kappa shape index (κ3) is 6.38. The molecule has 2 rings (SSSR count). The largest absolute Gasteiger partial charge is 0.452 e. The van der Waals surface area contributed by atoms with Crippen LogP contribution in [0.1, 0.15) is 29.3 Å². The number of nitro benzene ring substituents is 1. The Morgan fingerprint density at radius 1 is 1.21 bits per heavy atom. The lowest BCUT2D eigenvalue weighted by molar-refractivity contribution is -0.387. The summed E-state index contributed by atoms with van der Waals surface area (Å²) in [4.78, 5) is 35.0. The van der Waals surface area contributed by atoms with Gasteiger partial charge in [0.15, 0.2) is 6.61 Å². The molecular weight excluding hydrogens is 380 g/mol. The van der Waals surface area contributed by atoms with Crippen molar-refractivity contribution in [3.8, 4) is 0 Å². The maximum absolute atomic E-state index is 12.1. The molecule has 0 fully saturated rings. The van der Waals surface area contributed by atoms with Gasteiger partial charge in [0.05, 0.1) is 15.4 Å². The van der Waals surface area contributed by atoms with Crippen LogP contribution in [-0.4, -0.2) is 35.7 Å². The molecule has 0 aliphatic carbocycles. The molecule has 7 nitrogen and oxygen atoms in total. The zero-order valence-corrected chi connectivity index (χ0v) is 16.5. The minimum absolute atomic E-state index is 0.0365. The molecular formula is C20H22N2O5S. The van der Waals surface area contributed by atoms with E-state index in [2.05, 4.69) is 5.32 Å². The summed E-state index contributed by atoms with van der Waals surface area (Å²) in [6.45, 7) is 1.44. The second-order valence-corrected chi connectivity index (χ2v) is 7.06. The molecule has 148 valence electrons. The van der Waals surface area contributed by atoms with E-state index >= 15 is 0 Å². The number of hydrogen-bond acceptors (Lipinski definition) is 6. The van der Waals surface area contributed by atoms with Crippen LogP contribution in [0.25, 0.3) is 0 Å². The minimum atomic E-state index is -0.775. The first-order chi connectivity index (χ1) is 13.4. The van der Waals surface area contributed by atoms with Gasteiger partial charge in [0.2, 0.25) is 0 Å². The number of ether oxygens (including phenoxy) is 1. The summed E-state index contributed by atoms with van der Waals surface area (Å²) in [5.74, 6) is -1.19. The molecule has 2 aromatic rings. The van der Waals surface area contributed by atoms with Crippen molar-refractivity contribution in [3.05, 3.63) is 69.8 Å². The SMILES string of the molecule is CSc1ccc(C(=O)OCC(=O)N[C@H](C)CCc2ccccc2)cc1[N+](=O)[O-]. The van der Waals surface area contributed by atoms with E-state index in [0.29, 0.717) is 4.90 Å². The summed E-state index contributed by atoms with van der Waals surface area (Å²) in [7, 11) is 0. The summed E-state index contributed by atoms with van der Waals surface area (Å²) in [6.07, 6.45) is 3.29. The monoisotopic (exact) mass is 402 g/mol. The Kier molecular flexibility index (Phi) is 8.01. The van der Waals surface area contributed by atoms with Gasteiger partial charge in [-0.2, -0.15) is 0 Å². The summed E-state index contributed by atoms with van der Waals surface area (Å²) < 4.78 is 4.98. The van der Waals surface area contributed by atoms with E-state index in [1.165, 1.54) is 29.5 Å². The van der Waals surface area contributed by atoms with Crippen molar-refractivity contribution in [2.75, 3.05) is 12.9 Å². The maximum Gasteiger partial charge on any atom is 0.338 e. The molecule has 1 atom stereocenters. The molecule has 8 heteroatoms. The number of carbonyl (C=O) groups is 2. The summed E-state index contributed by atoms with van der Waals surface area (Å²) in [5.41, 5.74) is 1.06. The fraction of sp³-hybridized carbons (Fsp3) is 0.300. The Hall–Kier alpha value is -2.87. The van der Waals surface area contributed by atoms with E-state index in [1.54, 1.807) is 6.26 Å². The van der Waals surface area contributed by atoms with Crippen LogP contribution in [0.2, 0.25) is 0 Å². The highest BCUT2D eigenvalue weighted by molar-refractivity contribution is 7.98. The van der Waals surface area contributed by atoms with E-state index in [4.69, 9.17) is 4.74 Å².